The average molecular weight is 584 g/mol. The molecule has 0 unspecified atom stereocenters. The monoisotopic (exact) mass is 583 g/mol. The van der Waals surface area contributed by atoms with Gasteiger partial charge in [0.05, 0.1) is 17.4 Å². The first-order valence-electron chi connectivity index (χ1n) is 13.9. The van der Waals surface area contributed by atoms with Gasteiger partial charge in [-0.05, 0) is 54.8 Å². The molecule has 4 aromatic rings. The summed E-state index contributed by atoms with van der Waals surface area (Å²) in [5.74, 6) is -1.71. The van der Waals surface area contributed by atoms with Gasteiger partial charge in [0, 0.05) is 29.1 Å². The Morgan fingerprint density at radius 2 is 1.71 bits per heavy atom. The molecule has 0 spiro atoms. The third-order valence-electron chi connectivity index (χ3n) is 7.37. The number of aliphatic imine (C=N–C) groups is 1. The molecule has 0 aromatic heterocycles. The van der Waals surface area contributed by atoms with Crippen LogP contribution >= 0.6 is 11.6 Å². The number of halogens is 2. The van der Waals surface area contributed by atoms with E-state index >= 15 is 0 Å². The highest BCUT2D eigenvalue weighted by atomic mass is 35.5. The number of carbonyl (C=O) groups is 2. The highest BCUT2D eigenvalue weighted by Gasteiger charge is 2.31. The number of hydrogen-bond acceptors (Lipinski definition) is 4. The van der Waals surface area contributed by atoms with E-state index in [1.54, 1.807) is 18.2 Å². The number of likely N-dealkylation sites (tertiary alicyclic amines) is 1. The van der Waals surface area contributed by atoms with E-state index in [4.69, 9.17) is 16.6 Å². The normalized spacial score (nSPS) is 16.2. The summed E-state index contributed by atoms with van der Waals surface area (Å²) >= 11 is 6.40. The molecule has 1 fully saturated rings. The third-order valence-corrected chi connectivity index (χ3v) is 7.74. The second-order valence-electron chi connectivity index (χ2n) is 10.3. The molecule has 1 amide bonds. The van der Waals surface area contributed by atoms with Crippen molar-refractivity contribution in [2.24, 2.45) is 4.99 Å². The van der Waals surface area contributed by atoms with Crippen LogP contribution in [0.15, 0.2) is 108 Å². The van der Waals surface area contributed by atoms with Gasteiger partial charge in [-0.2, -0.15) is 0 Å². The van der Waals surface area contributed by atoms with Crippen molar-refractivity contribution in [3.05, 3.63) is 136 Å². The summed E-state index contributed by atoms with van der Waals surface area (Å²) in [5, 5.41) is 13.9. The summed E-state index contributed by atoms with van der Waals surface area (Å²) in [4.78, 5) is 32.8. The van der Waals surface area contributed by atoms with Crippen LogP contribution in [0.3, 0.4) is 0 Å². The van der Waals surface area contributed by atoms with Crippen molar-refractivity contribution < 1.29 is 19.1 Å². The summed E-state index contributed by atoms with van der Waals surface area (Å²) in [6.45, 7) is 1.35. The summed E-state index contributed by atoms with van der Waals surface area (Å²) in [7, 11) is 0. The summed E-state index contributed by atoms with van der Waals surface area (Å²) in [6.07, 6.45) is 1.62. The lowest BCUT2D eigenvalue weighted by molar-refractivity contribution is -0.138. The number of amides is 1. The standard InChI is InChI=1S/C34H31ClFN3O3/c35-28-16-6-4-13-25(28)22-39-19-9-18-31(39)33(40)38-29-17-7-5-15-27(29)32(24-11-2-1-3-12-24)37-30(34(41)42)21-23-10-8-14-26(36)20-23/h1-8,10-17,20,30-31H,9,18-19,21-22H2,(H,38,40)(H,41,42)/t30-,31-/m0/s1. The molecule has 0 saturated carbocycles. The molecule has 2 N–H and O–H groups in total. The van der Waals surface area contributed by atoms with Crippen LogP contribution in [0.4, 0.5) is 10.1 Å². The van der Waals surface area contributed by atoms with E-state index in [0.717, 1.165) is 18.5 Å². The van der Waals surface area contributed by atoms with Crippen LogP contribution in [-0.4, -0.2) is 46.2 Å². The molecular weight excluding hydrogens is 553 g/mol. The minimum Gasteiger partial charge on any atom is -0.480 e. The number of carboxylic acids is 1. The Morgan fingerprint density at radius 3 is 2.48 bits per heavy atom. The predicted molar refractivity (Wildman–Crippen MR) is 164 cm³/mol. The third kappa shape index (κ3) is 7.11. The van der Waals surface area contributed by atoms with Crippen molar-refractivity contribution in [1.29, 1.82) is 0 Å². The Morgan fingerprint density at radius 1 is 0.976 bits per heavy atom. The number of carbonyl (C=O) groups excluding carboxylic acids is 1. The van der Waals surface area contributed by atoms with Crippen LogP contribution in [0.25, 0.3) is 0 Å². The molecule has 1 saturated heterocycles. The molecule has 2 atom stereocenters. The summed E-state index contributed by atoms with van der Waals surface area (Å²) in [5.41, 5.74) is 3.75. The SMILES string of the molecule is O=C(O)[C@H](Cc1cccc(F)c1)N=C(c1ccccc1)c1ccccc1NC(=O)[C@@H]1CCCN1Cc1ccccc1Cl. The lowest BCUT2D eigenvalue weighted by Crippen LogP contribution is -2.39. The second kappa shape index (κ2) is 13.6. The largest absolute Gasteiger partial charge is 0.480 e. The maximum Gasteiger partial charge on any atom is 0.328 e. The molecule has 0 radical (unpaired) electrons. The van der Waals surface area contributed by atoms with Gasteiger partial charge in [-0.3, -0.25) is 14.7 Å². The number of anilines is 1. The maximum absolute atomic E-state index is 13.8. The minimum atomic E-state index is -1.17. The number of benzene rings is 4. The second-order valence-corrected chi connectivity index (χ2v) is 10.7. The van der Waals surface area contributed by atoms with Gasteiger partial charge in [0.2, 0.25) is 5.91 Å². The van der Waals surface area contributed by atoms with E-state index in [1.807, 2.05) is 72.8 Å². The van der Waals surface area contributed by atoms with Gasteiger partial charge in [0.1, 0.15) is 5.82 Å². The van der Waals surface area contributed by atoms with E-state index in [2.05, 4.69) is 10.2 Å². The zero-order valence-electron chi connectivity index (χ0n) is 22.9. The van der Waals surface area contributed by atoms with Crippen molar-refractivity contribution in [2.75, 3.05) is 11.9 Å². The number of hydrogen-bond donors (Lipinski definition) is 2. The topological polar surface area (TPSA) is 82.0 Å². The van der Waals surface area contributed by atoms with Gasteiger partial charge < -0.3 is 10.4 Å². The number of carboxylic acid groups (broad SMARTS) is 1. The highest BCUT2D eigenvalue weighted by Crippen LogP contribution is 2.27. The van der Waals surface area contributed by atoms with Crippen LogP contribution in [-0.2, 0) is 22.6 Å². The smallest absolute Gasteiger partial charge is 0.328 e. The minimum absolute atomic E-state index is 0.0109. The maximum atomic E-state index is 13.8. The van der Waals surface area contributed by atoms with Crippen LogP contribution in [0.5, 0.6) is 0 Å². The van der Waals surface area contributed by atoms with Crippen LogP contribution < -0.4 is 5.32 Å². The van der Waals surface area contributed by atoms with Gasteiger partial charge in [-0.25, -0.2) is 9.18 Å². The van der Waals surface area contributed by atoms with Crippen molar-refractivity contribution in [1.82, 2.24) is 4.90 Å². The Balaban J connectivity index is 1.46. The van der Waals surface area contributed by atoms with E-state index in [9.17, 15) is 19.1 Å². The van der Waals surface area contributed by atoms with Gasteiger partial charge in [-0.1, -0.05) is 90.5 Å². The highest BCUT2D eigenvalue weighted by molar-refractivity contribution is 6.31. The predicted octanol–water partition coefficient (Wildman–Crippen LogP) is 6.62. The first kappa shape index (κ1) is 29.2. The fourth-order valence-corrected chi connectivity index (χ4v) is 5.49. The average Bonchev–Trinajstić information content (AvgIpc) is 3.46. The van der Waals surface area contributed by atoms with Gasteiger partial charge >= 0.3 is 5.97 Å². The molecular formula is C34H31ClFN3O3. The van der Waals surface area contributed by atoms with E-state index in [0.29, 0.717) is 46.1 Å². The fourth-order valence-electron chi connectivity index (χ4n) is 5.30. The molecule has 214 valence electrons. The number of nitrogens with zero attached hydrogens (tertiary/aromatic N) is 2. The number of aliphatic carboxylic acids is 1. The van der Waals surface area contributed by atoms with E-state index in [1.165, 1.54) is 12.1 Å². The Hall–Kier alpha value is -4.33. The molecule has 0 aliphatic carbocycles. The molecule has 4 aromatic carbocycles. The zero-order valence-corrected chi connectivity index (χ0v) is 23.7. The quantitative estimate of drug-likeness (QED) is 0.206. The van der Waals surface area contributed by atoms with Gasteiger partial charge in [0.25, 0.3) is 0 Å². The van der Waals surface area contributed by atoms with Crippen molar-refractivity contribution >= 4 is 34.9 Å². The Kier molecular flexibility index (Phi) is 9.41. The van der Waals surface area contributed by atoms with Crippen molar-refractivity contribution in [3.8, 4) is 0 Å². The van der Waals surface area contributed by atoms with Crippen LogP contribution in [0, 0.1) is 5.82 Å². The molecule has 5 rings (SSSR count). The molecule has 1 heterocycles. The number of para-hydroxylation sites is 1. The summed E-state index contributed by atoms with van der Waals surface area (Å²) in [6, 6.07) is 28.5. The first-order valence-corrected chi connectivity index (χ1v) is 14.2. The van der Waals surface area contributed by atoms with Gasteiger partial charge in [0.15, 0.2) is 6.04 Å². The first-order chi connectivity index (χ1) is 20.4. The van der Waals surface area contributed by atoms with Crippen LogP contribution in [0.2, 0.25) is 5.02 Å². The molecule has 6 nitrogen and oxygen atoms in total. The van der Waals surface area contributed by atoms with E-state index in [-0.39, 0.29) is 18.4 Å². The van der Waals surface area contributed by atoms with Crippen molar-refractivity contribution in [2.45, 2.75) is 37.9 Å². The van der Waals surface area contributed by atoms with Crippen LogP contribution in [0.1, 0.15) is 35.1 Å². The molecule has 42 heavy (non-hydrogen) atoms. The number of nitrogens with one attached hydrogen (secondary N) is 1. The molecule has 8 heteroatoms. The molecule has 1 aliphatic rings. The lowest BCUT2D eigenvalue weighted by Gasteiger charge is -2.25. The zero-order chi connectivity index (χ0) is 29.5. The Labute approximate surface area is 249 Å². The van der Waals surface area contributed by atoms with E-state index < -0.39 is 17.8 Å². The Bertz CT molecular complexity index is 1590. The molecule has 0 bridgehead atoms. The summed E-state index contributed by atoms with van der Waals surface area (Å²) < 4.78 is 13.8. The number of rotatable bonds is 10. The lowest BCUT2D eigenvalue weighted by atomic mass is 9.98. The van der Waals surface area contributed by atoms with Crippen molar-refractivity contribution in [3.63, 3.8) is 0 Å². The fraction of sp³-hybridized carbons (Fsp3) is 0.206. The molecule has 1 aliphatic heterocycles. The van der Waals surface area contributed by atoms with Gasteiger partial charge in [-0.15, -0.1) is 0 Å².